The van der Waals surface area contributed by atoms with Gasteiger partial charge >= 0.3 is 6.03 Å². The molecule has 0 saturated carbocycles. The highest BCUT2D eigenvalue weighted by molar-refractivity contribution is 5.90. The Morgan fingerprint density at radius 1 is 1.10 bits per heavy atom. The molecule has 1 aromatic heterocycles. The lowest BCUT2D eigenvalue weighted by atomic mass is 10.1. The Bertz CT molecular complexity index is 1330. The third-order valence-corrected chi connectivity index (χ3v) is 6.82. The standard InChI is InChI=1S/C29H40FN7O4/c1-29(31,32)8-10-34-28(38)35-23-6-5-20(17-22(23)30)41-25-7-9-33-24-19-27(26(39-3)18-21(24)25)40-16-4-11-37-14-12-36(2)13-15-37/h5-7,9,17-19H,4,8,10-16,31-32H2,1-3H3,(H2,34,35,38). The van der Waals surface area contributed by atoms with Crippen LogP contribution in [0.5, 0.6) is 23.0 Å². The second-order valence-corrected chi connectivity index (χ2v) is 10.6. The van der Waals surface area contributed by atoms with Crippen LogP contribution >= 0.6 is 0 Å². The number of nitrogens with one attached hydrogen (secondary N) is 2. The number of pyridine rings is 1. The number of urea groups is 1. The zero-order chi connectivity index (χ0) is 29.4. The van der Waals surface area contributed by atoms with E-state index < -0.39 is 17.5 Å². The molecule has 1 saturated heterocycles. The van der Waals surface area contributed by atoms with Gasteiger partial charge in [-0.15, -0.1) is 0 Å². The predicted octanol–water partition coefficient (Wildman–Crippen LogP) is 3.34. The number of fused-ring (bicyclic) bond motifs is 1. The van der Waals surface area contributed by atoms with E-state index in [0.717, 1.165) is 39.1 Å². The highest BCUT2D eigenvalue weighted by Gasteiger charge is 2.16. The van der Waals surface area contributed by atoms with Crippen molar-refractivity contribution >= 4 is 22.6 Å². The number of carbonyl (C=O) groups is 1. The molecule has 0 unspecified atom stereocenters. The molecule has 11 nitrogen and oxygen atoms in total. The molecule has 1 aliphatic rings. The van der Waals surface area contributed by atoms with Crippen LogP contribution in [0.2, 0.25) is 0 Å². The number of carbonyl (C=O) groups excluding carboxylic acids is 1. The first-order chi connectivity index (χ1) is 19.6. The van der Waals surface area contributed by atoms with Gasteiger partial charge in [-0.1, -0.05) is 0 Å². The molecule has 0 aliphatic carbocycles. The van der Waals surface area contributed by atoms with Crippen LogP contribution < -0.4 is 36.3 Å². The fraction of sp³-hybridized carbons (Fsp3) is 0.448. The Labute approximate surface area is 239 Å². The normalized spacial score (nSPS) is 14.6. The second-order valence-electron chi connectivity index (χ2n) is 10.6. The molecule has 0 radical (unpaired) electrons. The summed E-state index contributed by atoms with van der Waals surface area (Å²) in [4.78, 5) is 21.3. The number of nitrogens with two attached hydrogens (primary N) is 2. The lowest BCUT2D eigenvalue weighted by Gasteiger charge is -2.32. The van der Waals surface area contributed by atoms with E-state index in [2.05, 4.69) is 32.5 Å². The number of anilines is 1. The van der Waals surface area contributed by atoms with Crippen LogP contribution in [0.3, 0.4) is 0 Å². The lowest BCUT2D eigenvalue weighted by Crippen LogP contribution is -2.48. The monoisotopic (exact) mass is 569 g/mol. The summed E-state index contributed by atoms with van der Waals surface area (Å²) in [6, 6.07) is 8.95. The summed E-state index contributed by atoms with van der Waals surface area (Å²) in [5.74, 6) is 1.23. The Morgan fingerprint density at radius 2 is 1.88 bits per heavy atom. The van der Waals surface area contributed by atoms with Gasteiger partial charge in [0.1, 0.15) is 17.3 Å². The molecule has 6 N–H and O–H groups in total. The van der Waals surface area contributed by atoms with Crippen molar-refractivity contribution in [1.82, 2.24) is 20.1 Å². The molecule has 4 rings (SSSR count). The second kappa shape index (κ2) is 13.8. The summed E-state index contributed by atoms with van der Waals surface area (Å²) in [5.41, 5.74) is 11.2. The number of methoxy groups -OCH3 is 1. The van der Waals surface area contributed by atoms with Gasteiger partial charge in [0.15, 0.2) is 11.5 Å². The number of halogens is 1. The Balaban J connectivity index is 1.38. The van der Waals surface area contributed by atoms with E-state index in [9.17, 15) is 9.18 Å². The largest absolute Gasteiger partial charge is 0.493 e. The molecule has 0 bridgehead atoms. The zero-order valence-corrected chi connectivity index (χ0v) is 23.9. The van der Waals surface area contributed by atoms with Gasteiger partial charge in [0, 0.05) is 63.0 Å². The minimum Gasteiger partial charge on any atom is -0.493 e. The molecule has 2 amide bonds. The number of aromatic nitrogens is 1. The number of likely N-dealkylation sites (N-methyl/N-ethyl adjacent to an activating group) is 1. The third-order valence-electron chi connectivity index (χ3n) is 6.82. The molecular weight excluding hydrogens is 529 g/mol. The van der Waals surface area contributed by atoms with Crippen LogP contribution in [0, 0.1) is 5.82 Å². The van der Waals surface area contributed by atoms with Crippen LogP contribution in [-0.4, -0.2) is 86.5 Å². The van der Waals surface area contributed by atoms with E-state index in [4.69, 9.17) is 25.7 Å². The molecule has 1 aliphatic heterocycles. The number of piperazine rings is 1. The number of hydrogen-bond donors (Lipinski definition) is 4. The van der Waals surface area contributed by atoms with Crippen LogP contribution in [0.4, 0.5) is 14.9 Å². The van der Waals surface area contributed by atoms with E-state index in [0.29, 0.717) is 41.2 Å². The summed E-state index contributed by atoms with van der Waals surface area (Å²) in [5, 5.41) is 5.75. The van der Waals surface area contributed by atoms with Crippen molar-refractivity contribution < 1.29 is 23.4 Å². The number of amides is 2. The minimum absolute atomic E-state index is 0.00813. The van der Waals surface area contributed by atoms with Gasteiger partial charge in [-0.05, 0) is 51.1 Å². The van der Waals surface area contributed by atoms with Crippen molar-refractivity contribution in [3.05, 3.63) is 48.4 Å². The van der Waals surface area contributed by atoms with Gasteiger partial charge in [0.05, 0.1) is 30.6 Å². The van der Waals surface area contributed by atoms with Crippen molar-refractivity contribution in [2.45, 2.75) is 25.4 Å². The fourth-order valence-corrected chi connectivity index (χ4v) is 4.43. The number of benzene rings is 2. The van der Waals surface area contributed by atoms with Gasteiger partial charge < -0.3 is 46.1 Å². The van der Waals surface area contributed by atoms with Crippen molar-refractivity contribution in [3.63, 3.8) is 0 Å². The third kappa shape index (κ3) is 8.89. The van der Waals surface area contributed by atoms with Gasteiger partial charge in [-0.3, -0.25) is 4.98 Å². The maximum absolute atomic E-state index is 14.8. The zero-order valence-electron chi connectivity index (χ0n) is 23.9. The summed E-state index contributed by atoms with van der Waals surface area (Å²) in [6.45, 7) is 7.77. The average molecular weight is 570 g/mol. The van der Waals surface area contributed by atoms with Gasteiger partial charge in [0.25, 0.3) is 0 Å². The molecule has 2 aromatic carbocycles. The molecule has 41 heavy (non-hydrogen) atoms. The van der Waals surface area contributed by atoms with Crippen molar-refractivity contribution in [2.75, 3.05) is 65.3 Å². The lowest BCUT2D eigenvalue weighted by molar-refractivity contribution is 0.145. The van der Waals surface area contributed by atoms with Gasteiger partial charge in [0.2, 0.25) is 0 Å². The molecular formula is C29H40FN7O4. The first-order valence-electron chi connectivity index (χ1n) is 13.7. The quantitative estimate of drug-likeness (QED) is 0.191. The summed E-state index contributed by atoms with van der Waals surface area (Å²) in [6.07, 6.45) is 2.89. The Hall–Kier alpha value is -3.71. The van der Waals surface area contributed by atoms with E-state index in [1.807, 2.05) is 6.07 Å². The van der Waals surface area contributed by atoms with E-state index in [1.165, 1.54) is 12.1 Å². The van der Waals surface area contributed by atoms with Gasteiger partial charge in [-0.2, -0.15) is 0 Å². The van der Waals surface area contributed by atoms with Gasteiger partial charge in [-0.25, -0.2) is 9.18 Å². The SMILES string of the molecule is COc1cc2c(Oc3ccc(NC(=O)NCCC(C)(N)N)c(F)c3)ccnc2cc1OCCCN1CCN(C)CC1. The number of hydrogen-bond acceptors (Lipinski definition) is 9. The molecule has 0 spiro atoms. The van der Waals surface area contributed by atoms with E-state index >= 15 is 0 Å². The topological polar surface area (TPSA) is 140 Å². The van der Waals surface area contributed by atoms with Crippen molar-refractivity contribution in [3.8, 4) is 23.0 Å². The van der Waals surface area contributed by atoms with Crippen LogP contribution in [0.25, 0.3) is 10.9 Å². The molecule has 12 heteroatoms. The molecule has 0 atom stereocenters. The molecule has 222 valence electrons. The Morgan fingerprint density at radius 3 is 2.59 bits per heavy atom. The highest BCUT2D eigenvalue weighted by Crippen LogP contribution is 2.37. The minimum atomic E-state index is -0.905. The molecule has 3 aromatic rings. The summed E-state index contributed by atoms with van der Waals surface area (Å²) >= 11 is 0. The maximum atomic E-state index is 14.8. The summed E-state index contributed by atoms with van der Waals surface area (Å²) < 4.78 is 32.4. The molecule has 1 fully saturated rings. The van der Waals surface area contributed by atoms with Crippen molar-refractivity contribution in [1.29, 1.82) is 0 Å². The fourth-order valence-electron chi connectivity index (χ4n) is 4.43. The van der Waals surface area contributed by atoms with Crippen molar-refractivity contribution in [2.24, 2.45) is 11.5 Å². The first-order valence-corrected chi connectivity index (χ1v) is 13.7. The average Bonchev–Trinajstić information content (AvgIpc) is 2.92. The van der Waals surface area contributed by atoms with E-state index in [-0.39, 0.29) is 18.0 Å². The number of rotatable bonds is 12. The van der Waals surface area contributed by atoms with Crippen LogP contribution in [0.15, 0.2) is 42.6 Å². The van der Waals surface area contributed by atoms with Crippen LogP contribution in [0.1, 0.15) is 19.8 Å². The smallest absolute Gasteiger partial charge is 0.319 e. The number of ether oxygens (including phenoxy) is 3. The summed E-state index contributed by atoms with van der Waals surface area (Å²) in [7, 11) is 3.73. The first kappa shape index (κ1) is 30.3. The maximum Gasteiger partial charge on any atom is 0.319 e. The highest BCUT2D eigenvalue weighted by atomic mass is 19.1. The van der Waals surface area contributed by atoms with Crippen LogP contribution in [-0.2, 0) is 0 Å². The Kier molecular flexibility index (Phi) is 10.2. The molecule has 2 heterocycles. The number of nitrogens with zero attached hydrogens (tertiary/aromatic N) is 3. The predicted molar refractivity (Wildman–Crippen MR) is 157 cm³/mol. The van der Waals surface area contributed by atoms with E-state index in [1.54, 1.807) is 38.4 Å².